The maximum absolute atomic E-state index is 12.3. The van der Waals surface area contributed by atoms with E-state index >= 15 is 0 Å². The van der Waals surface area contributed by atoms with Gasteiger partial charge in [0.1, 0.15) is 0 Å². The van der Waals surface area contributed by atoms with Gasteiger partial charge < -0.3 is 10.1 Å². The quantitative estimate of drug-likeness (QED) is 0.519. The Morgan fingerprint density at radius 3 is 2.78 bits per heavy atom. The molecule has 1 aliphatic heterocycles. The monoisotopic (exact) mass is 339 g/mol. The van der Waals surface area contributed by atoms with Gasteiger partial charge in [-0.15, -0.1) is 0 Å². The van der Waals surface area contributed by atoms with Gasteiger partial charge in [-0.1, -0.05) is 23.7 Å². The van der Waals surface area contributed by atoms with E-state index in [1.807, 2.05) is 24.3 Å². The van der Waals surface area contributed by atoms with Crippen LogP contribution in [0.5, 0.6) is 0 Å². The third-order valence-corrected chi connectivity index (χ3v) is 3.96. The van der Waals surface area contributed by atoms with E-state index in [-0.39, 0.29) is 23.8 Å². The Balaban J connectivity index is 1.81. The highest BCUT2D eigenvalue weighted by molar-refractivity contribution is 6.30. The first-order chi connectivity index (χ1) is 11.1. The molecule has 1 aliphatic rings. The molecule has 0 radical (unpaired) electrons. The summed E-state index contributed by atoms with van der Waals surface area (Å²) >= 11 is 5.90. The van der Waals surface area contributed by atoms with Gasteiger partial charge in [0.2, 0.25) is 5.91 Å². The fourth-order valence-electron chi connectivity index (χ4n) is 2.54. The van der Waals surface area contributed by atoms with Crippen LogP contribution in [0.15, 0.2) is 24.3 Å². The van der Waals surface area contributed by atoms with Crippen molar-refractivity contribution < 1.29 is 14.3 Å². The maximum Gasteiger partial charge on any atom is 0.305 e. The third-order valence-electron chi connectivity index (χ3n) is 3.71. The number of carbonyl (C=O) groups is 2. The number of amides is 1. The molecule has 1 amide bonds. The Bertz CT molecular complexity index is 536. The lowest BCUT2D eigenvalue weighted by Gasteiger charge is -2.18. The normalized spacial score (nSPS) is 20.3. The molecular weight excluding hydrogens is 318 g/mol. The van der Waals surface area contributed by atoms with Gasteiger partial charge in [-0.2, -0.15) is 0 Å². The highest BCUT2D eigenvalue weighted by Gasteiger charge is 2.33. The van der Waals surface area contributed by atoms with Crippen LogP contribution < -0.4 is 16.2 Å². The molecule has 1 heterocycles. The molecule has 0 aromatic heterocycles. The first-order valence-electron chi connectivity index (χ1n) is 7.79. The molecule has 7 heteroatoms. The summed E-state index contributed by atoms with van der Waals surface area (Å²) in [6.45, 7) is 3.17. The van der Waals surface area contributed by atoms with Crippen molar-refractivity contribution in [1.29, 1.82) is 0 Å². The molecule has 2 atom stereocenters. The van der Waals surface area contributed by atoms with Crippen LogP contribution in [0.3, 0.4) is 0 Å². The largest absolute Gasteiger partial charge is 0.466 e. The Hall–Kier alpha value is -1.63. The Kier molecular flexibility index (Phi) is 6.83. The summed E-state index contributed by atoms with van der Waals surface area (Å²) < 4.78 is 4.85. The van der Waals surface area contributed by atoms with Crippen LogP contribution in [0, 0.1) is 5.92 Å². The van der Waals surface area contributed by atoms with E-state index in [0.29, 0.717) is 37.6 Å². The van der Waals surface area contributed by atoms with Crippen molar-refractivity contribution in [3.63, 3.8) is 0 Å². The molecular formula is C16H22ClN3O3. The summed E-state index contributed by atoms with van der Waals surface area (Å²) in [5.41, 5.74) is 7.15. The molecule has 1 saturated heterocycles. The molecule has 1 aromatic carbocycles. The fourth-order valence-corrected chi connectivity index (χ4v) is 2.66. The summed E-state index contributed by atoms with van der Waals surface area (Å²) in [6.07, 6.45) is 0.889. The zero-order valence-corrected chi connectivity index (χ0v) is 13.9. The lowest BCUT2D eigenvalue weighted by Crippen LogP contribution is -2.35. The number of hydrazine groups is 1. The van der Waals surface area contributed by atoms with E-state index in [2.05, 4.69) is 16.2 Å². The van der Waals surface area contributed by atoms with Crippen LogP contribution in [0.2, 0.25) is 5.02 Å². The zero-order chi connectivity index (χ0) is 16.7. The van der Waals surface area contributed by atoms with Crippen molar-refractivity contribution >= 4 is 23.5 Å². The van der Waals surface area contributed by atoms with Crippen LogP contribution in [0.25, 0.3) is 0 Å². The molecule has 6 nitrogen and oxygen atoms in total. The fraction of sp³-hybridized carbons (Fsp3) is 0.500. The molecule has 0 aliphatic carbocycles. The molecule has 3 N–H and O–H groups in total. The molecule has 2 unspecified atom stereocenters. The van der Waals surface area contributed by atoms with Crippen molar-refractivity contribution in [2.45, 2.75) is 25.8 Å². The van der Waals surface area contributed by atoms with Gasteiger partial charge in [-0.25, -0.2) is 5.43 Å². The summed E-state index contributed by atoms with van der Waals surface area (Å²) in [6, 6.07) is 7.34. The standard InChI is InChI=1S/C16H22ClN3O3/c1-2-23-14(21)4-3-9-18-16(22)13-10-19-20-15(13)11-5-7-12(17)8-6-11/h5-8,13,15,19-20H,2-4,9-10H2,1H3,(H,18,22). The molecule has 23 heavy (non-hydrogen) atoms. The van der Waals surface area contributed by atoms with Crippen molar-refractivity contribution in [1.82, 2.24) is 16.2 Å². The molecule has 126 valence electrons. The van der Waals surface area contributed by atoms with Gasteiger partial charge in [0, 0.05) is 24.5 Å². The van der Waals surface area contributed by atoms with E-state index in [9.17, 15) is 9.59 Å². The highest BCUT2D eigenvalue weighted by atomic mass is 35.5. The summed E-state index contributed by atoms with van der Waals surface area (Å²) in [4.78, 5) is 23.6. The Labute approximate surface area is 140 Å². The van der Waals surface area contributed by atoms with Gasteiger partial charge in [0.15, 0.2) is 0 Å². The average Bonchev–Trinajstić information content (AvgIpc) is 3.02. The van der Waals surface area contributed by atoms with Gasteiger partial charge in [-0.3, -0.25) is 15.0 Å². The molecule has 1 aromatic rings. The van der Waals surface area contributed by atoms with Crippen molar-refractivity contribution in [3.05, 3.63) is 34.9 Å². The number of hydrogen-bond acceptors (Lipinski definition) is 5. The second-order valence-electron chi connectivity index (χ2n) is 5.36. The van der Waals surface area contributed by atoms with Crippen molar-refractivity contribution in [3.8, 4) is 0 Å². The lowest BCUT2D eigenvalue weighted by molar-refractivity contribution is -0.143. The van der Waals surface area contributed by atoms with Gasteiger partial charge in [0.25, 0.3) is 0 Å². The van der Waals surface area contributed by atoms with Crippen LogP contribution in [0.4, 0.5) is 0 Å². The van der Waals surface area contributed by atoms with Crippen LogP contribution in [-0.4, -0.2) is 31.6 Å². The summed E-state index contributed by atoms with van der Waals surface area (Å²) in [5.74, 6) is -0.477. The number of benzene rings is 1. The molecule has 0 spiro atoms. The number of ether oxygens (including phenoxy) is 1. The van der Waals surface area contributed by atoms with Crippen molar-refractivity contribution in [2.24, 2.45) is 5.92 Å². The molecule has 1 fully saturated rings. The lowest BCUT2D eigenvalue weighted by atomic mass is 9.94. The first-order valence-corrected chi connectivity index (χ1v) is 8.16. The van der Waals surface area contributed by atoms with E-state index < -0.39 is 0 Å². The van der Waals surface area contributed by atoms with Gasteiger partial charge in [-0.05, 0) is 31.0 Å². The molecule has 0 saturated carbocycles. The number of esters is 1. The second-order valence-corrected chi connectivity index (χ2v) is 5.80. The maximum atomic E-state index is 12.3. The van der Waals surface area contributed by atoms with Gasteiger partial charge >= 0.3 is 5.97 Å². The Morgan fingerprint density at radius 1 is 1.35 bits per heavy atom. The minimum atomic E-state index is -0.231. The number of hydrogen-bond donors (Lipinski definition) is 3. The van der Waals surface area contributed by atoms with Gasteiger partial charge in [0.05, 0.1) is 18.6 Å². The van der Waals surface area contributed by atoms with Crippen LogP contribution in [0.1, 0.15) is 31.4 Å². The predicted molar refractivity (Wildman–Crippen MR) is 87.7 cm³/mol. The van der Waals surface area contributed by atoms with E-state index in [1.54, 1.807) is 6.92 Å². The van der Waals surface area contributed by atoms with Crippen LogP contribution >= 0.6 is 11.6 Å². The number of nitrogens with one attached hydrogen (secondary N) is 3. The third kappa shape index (κ3) is 5.20. The van der Waals surface area contributed by atoms with E-state index in [1.165, 1.54) is 0 Å². The molecule has 2 rings (SSSR count). The van der Waals surface area contributed by atoms with Crippen LogP contribution in [-0.2, 0) is 14.3 Å². The smallest absolute Gasteiger partial charge is 0.305 e. The number of rotatable bonds is 7. The minimum absolute atomic E-state index is 0.0358. The number of halogens is 1. The Morgan fingerprint density at radius 2 is 2.09 bits per heavy atom. The van der Waals surface area contributed by atoms with E-state index in [0.717, 1.165) is 5.56 Å². The molecule has 0 bridgehead atoms. The highest BCUT2D eigenvalue weighted by Crippen LogP contribution is 2.26. The predicted octanol–water partition coefficient (Wildman–Crippen LogP) is 1.56. The topological polar surface area (TPSA) is 79.5 Å². The average molecular weight is 340 g/mol. The van der Waals surface area contributed by atoms with Crippen molar-refractivity contribution in [2.75, 3.05) is 19.7 Å². The second kappa shape index (κ2) is 8.86. The zero-order valence-electron chi connectivity index (χ0n) is 13.1. The van der Waals surface area contributed by atoms with E-state index in [4.69, 9.17) is 16.3 Å². The SMILES string of the molecule is CCOC(=O)CCCNC(=O)C1CNNC1c1ccc(Cl)cc1. The minimum Gasteiger partial charge on any atom is -0.466 e. The number of carbonyl (C=O) groups excluding carboxylic acids is 2. The first kappa shape index (κ1) is 17.7. The summed E-state index contributed by atoms with van der Waals surface area (Å²) in [7, 11) is 0. The summed E-state index contributed by atoms with van der Waals surface area (Å²) in [5, 5.41) is 3.55.